The number of esters is 1. The third-order valence-corrected chi connectivity index (χ3v) is 5.32. The van der Waals surface area contributed by atoms with Gasteiger partial charge >= 0.3 is 5.97 Å². The van der Waals surface area contributed by atoms with Crippen molar-refractivity contribution in [3.05, 3.63) is 64.2 Å². The Morgan fingerprint density at radius 3 is 2.52 bits per heavy atom. The van der Waals surface area contributed by atoms with Crippen LogP contribution in [0, 0.1) is 11.3 Å². The maximum Gasteiger partial charge on any atom is 0.312 e. The maximum atomic E-state index is 12.3. The molecule has 0 aromatic heterocycles. The van der Waals surface area contributed by atoms with E-state index in [0.29, 0.717) is 23.4 Å². The van der Waals surface area contributed by atoms with E-state index >= 15 is 0 Å². The fraction of sp³-hybridized carbons (Fsp3) is 0.300. The van der Waals surface area contributed by atoms with Crippen molar-refractivity contribution in [2.45, 2.75) is 19.3 Å². The topological polar surface area (TPSA) is 95.9 Å². The second kappa shape index (κ2) is 7.58. The van der Waals surface area contributed by atoms with E-state index in [1.54, 1.807) is 29.7 Å². The Balaban J connectivity index is 1.83. The Morgan fingerprint density at radius 2 is 1.89 bits per heavy atom. The predicted molar refractivity (Wildman–Crippen MR) is 98.6 cm³/mol. The van der Waals surface area contributed by atoms with Gasteiger partial charge in [0.25, 0.3) is 0 Å². The third-order valence-electron chi connectivity index (χ3n) is 5.07. The number of methoxy groups -OCH3 is 1. The number of benzene rings is 2. The average Bonchev–Trinajstić information content (AvgIpc) is 3.40. The Kier molecular flexibility index (Phi) is 5.39. The van der Waals surface area contributed by atoms with E-state index in [0.717, 1.165) is 11.1 Å². The predicted octanol–water partition coefficient (Wildman–Crippen LogP) is 2.86. The zero-order chi connectivity index (χ0) is 19.6. The van der Waals surface area contributed by atoms with Gasteiger partial charge < -0.3 is 9.84 Å². The molecular weight excluding hydrogens is 370 g/mol. The van der Waals surface area contributed by atoms with Crippen LogP contribution in [0.5, 0.6) is 5.75 Å². The van der Waals surface area contributed by atoms with Crippen molar-refractivity contribution in [1.29, 1.82) is 0 Å². The van der Waals surface area contributed by atoms with Gasteiger partial charge in [-0.25, -0.2) is 5.48 Å². The summed E-state index contributed by atoms with van der Waals surface area (Å²) in [6.07, 6.45) is 1.09. The van der Waals surface area contributed by atoms with Crippen molar-refractivity contribution in [3.8, 4) is 5.75 Å². The van der Waals surface area contributed by atoms with Gasteiger partial charge in [-0.3, -0.25) is 14.8 Å². The highest BCUT2D eigenvalue weighted by Crippen LogP contribution is 2.56. The smallest absolute Gasteiger partial charge is 0.312 e. The number of carbonyl (C=O) groups excluding carboxylic acids is 2. The molecule has 2 aromatic rings. The summed E-state index contributed by atoms with van der Waals surface area (Å²) in [6, 6.07) is 12.5. The van der Waals surface area contributed by atoms with Crippen LogP contribution in [0.15, 0.2) is 42.5 Å². The molecule has 1 fully saturated rings. The molecular formula is C20H20ClNO5. The van der Waals surface area contributed by atoms with Gasteiger partial charge in [0.2, 0.25) is 5.91 Å². The van der Waals surface area contributed by atoms with Gasteiger partial charge in [-0.1, -0.05) is 35.9 Å². The molecule has 1 amide bonds. The Bertz CT molecular complexity index is 867. The molecule has 0 heterocycles. The molecule has 1 aliphatic rings. The molecule has 0 unspecified atom stereocenters. The molecule has 1 aliphatic carbocycles. The molecule has 142 valence electrons. The fourth-order valence-electron chi connectivity index (χ4n) is 3.50. The van der Waals surface area contributed by atoms with Crippen LogP contribution in [-0.2, 0) is 27.2 Å². The normalized spacial score (nSPS) is 20.8. The standard InChI is InChI=1S/C20H20ClNO5/c1-27-19(25)20(11-16(20)18(24)22-26)10-13-4-7-17(23)14(9-13)8-12-2-5-15(21)6-3-12/h2-7,9,16,23,26H,8,10-11H2,1H3,(H,22,24)/t16-,20+/m1/s1. The Hall–Kier alpha value is -2.57. The lowest BCUT2D eigenvalue weighted by molar-refractivity contribution is -0.149. The molecule has 27 heavy (non-hydrogen) atoms. The molecule has 0 aliphatic heterocycles. The molecule has 0 radical (unpaired) electrons. The number of hydrogen-bond acceptors (Lipinski definition) is 5. The number of ether oxygens (including phenoxy) is 1. The molecule has 6 nitrogen and oxygen atoms in total. The van der Waals surface area contributed by atoms with E-state index < -0.39 is 23.2 Å². The zero-order valence-electron chi connectivity index (χ0n) is 14.7. The first-order chi connectivity index (χ1) is 12.9. The first-order valence-corrected chi connectivity index (χ1v) is 8.85. The molecule has 1 saturated carbocycles. The summed E-state index contributed by atoms with van der Waals surface area (Å²) in [5, 5.41) is 19.7. The summed E-state index contributed by atoms with van der Waals surface area (Å²) in [5.74, 6) is -1.56. The summed E-state index contributed by atoms with van der Waals surface area (Å²) >= 11 is 5.90. The molecule has 3 N–H and O–H groups in total. The summed E-state index contributed by atoms with van der Waals surface area (Å²) < 4.78 is 4.87. The first-order valence-electron chi connectivity index (χ1n) is 8.47. The van der Waals surface area contributed by atoms with Crippen molar-refractivity contribution < 1.29 is 24.6 Å². The monoisotopic (exact) mass is 389 g/mol. The quantitative estimate of drug-likeness (QED) is 0.401. The number of hydroxylamine groups is 1. The number of aromatic hydroxyl groups is 1. The van der Waals surface area contributed by atoms with E-state index in [-0.39, 0.29) is 12.2 Å². The van der Waals surface area contributed by atoms with Crippen LogP contribution in [-0.4, -0.2) is 29.3 Å². The lowest BCUT2D eigenvalue weighted by Crippen LogP contribution is -2.30. The van der Waals surface area contributed by atoms with Crippen LogP contribution in [0.4, 0.5) is 0 Å². The summed E-state index contributed by atoms with van der Waals surface area (Å²) in [5.41, 5.74) is 3.11. The van der Waals surface area contributed by atoms with Gasteiger partial charge in [0.05, 0.1) is 18.4 Å². The number of nitrogens with one attached hydrogen (secondary N) is 1. The van der Waals surface area contributed by atoms with E-state index in [2.05, 4.69) is 0 Å². The van der Waals surface area contributed by atoms with Crippen LogP contribution in [0.2, 0.25) is 5.02 Å². The van der Waals surface area contributed by atoms with Crippen LogP contribution < -0.4 is 5.48 Å². The van der Waals surface area contributed by atoms with Crippen molar-refractivity contribution in [2.75, 3.05) is 7.11 Å². The van der Waals surface area contributed by atoms with Crippen LogP contribution in [0.1, 0.15) is 23.1 Å². The number of phenolic OH excluding ortho intramolecular Hbond substituents is 1. The van der Waals surface area contributed by atoms with Crippen molar-refractivity contribution in [2.24, 2.45) is 11.3 Å². The van der Waals surface area contributed by atoms with Crippen LogP contribution >= 0.6 is 11.6 Å². The Labute approximate surface area is 161 Å². The number of carbonyl (C=O) groups is 2. The molecule has 3 rings (SSSR count). The molecule has 2 aromatic carbocycles. The minimum atomic E-state index is -0.990. The molecule has 0 bridgehead atoms. The second-order valence-electron chi connectivity index (χ2n) is 6.82. The van der Waals surface area contributed by atoms with Gasteiger partial charge in [0, 0.05) is 11.4 Å². The largest absolute Gasteiger partial charge is 0.508 e. The van der Waals surface area contributed by atoms with Crippen LogP contribution in [0.3, 0.4) is 0 Å². The minimum absolute atomic E-state index is 0.154. The van der Waals surface area contributed by atoms with E-state index in [4.69, 9.17) is 21.5 Å². The summed E-state index contributed by atoms with van der Waals surface area (Å²) in [7, 11) is 1.28. The number of phenols is 1. The van der Waals surface area contributed by atoms with Gasteiger partial charge in [0.1, 0.15) is 5.75 Å². The number of hydrogen-bond donors (Lipinski definition) is 3. The molecule has 0 saturated heterocycles. The summed E-state index contributed by atoms with van der Waals surface area (Å²) in [6.45, 7) is 0. The van der Waals surface area contributed by atoms with Crippen molar-refractivity contribution >= 4 is 23.5 Å². The number of rotatable bonds is 6. The van der Waals surface area contributed by atoms with E-state index in [1.807, 2.05) is 18.2 Å². The lowest BCUT2D eigenvalue weighted by Gasteiger charge is -2.16. The van der Waals surface area contributed by atoms with Crippen molar-refractivity contribution in [1.82, 2.24) is 5.48 Å². The van der Waals surface area contributed by atoms with Gasteiger partial charge in [0.15, 0.2) is 0 Å². The Morgan fingerprint density at radius 1 is 1.22 bits per heavy atom. The zero-order valence-corrected chi connectivity index (χ0v) is 15.5. The molecule has 0 spiro atoms. The maximum absolute atomic E-state index is 12.3. The molecule has 7 heteroatoms. The van der Waals surface area contributed by atoms with Crippen LogP contribution in [0.25, 0.3) is 0 Å². The number of halogens is 1. The number of amides is 1. The second-order valence-corrected chi connectivity index (χ2v) is 7.26. The summed E-state index contributed by atoms with van der Waals surface area (Å²) in [4.78, 5) is 24.0. The highest BCUT2D eigenvalue weighted by Gasteiger charge is 2.64. The highest BCUT2D eigenvalue weighted by atomic mass is 35.5. The van der Waals surface area contributed by atoms with Gasteiger partial charge in [-0.2, -0.15) is 0 Å². The van der Waals surface area contributed by atoms with E-state index in [9.17, 15) is 14.7 Å². The lowest BCUT2D eigenvalue weighted by atomic mass is 9.91. The molecule has 2 atom stereocenters. The van der Waals surface area contributed by atoms with Gasteiger partial charge in [-0.15, -0.1) is 0 Å². The van der Waals surface area contributed by atoms with Crippen molar-refractivity contribution in [3.63, 3.8) is 0 Å². The third kappa shape index (κ3) is 3.91. The average molecular weight is 390 g/mol. The first kappa shape index (κ1) is 19.2. The SMILES string of the molecule is COC(=O)[C@@]1(Cc2ccc(O)c(Cc3ccc(Cl)cc3)c2)C[C@@H]1C(=O)NO. The minimum Gasteiger partial charge on any atom is -0.508 e. The van der Waals surface area contributed by atoms with Gasteiger partial charge in [-0.05, 0) is 47.7 Å². The highest BCUT2D eigenvalue weighted by molar-refractivity contribution is 6.30. The fourth-order valence-corrected chi connectivity index (χ4v) is 3.63. The van der Waals surface area contributed by atoms with E-state index in [1.165, 1.54) is 7.11 Å².